The molecule has 0 saturated carbocycles. The molecule has 0 aliphatic carbocycles. The van der Waals surface area contributed by atoms with E-state index < -0.39 is 74.2 Å². The molecule has 1 heterocycles. The molecule has 0 aromatic heterocycles. The summed E-state index contributed by atoms with van der Waals surface area (Å²) in [5.41, 5.74) is 0. The lowest BCUT2D eigenvalue weighted by atomic mass is 9.98. The van der Waals surface area contributed by atoms with Gasteiger partial charge in [0.25, 0.3) is 0 Å². The Morgan fingerprint density at radius 2 is 0.894 bits per heavy atom. The SMILES string of the molecule is CCCCCCCCCCCCCCCCCCCCCCCCC/C=C/CCCC(O)C(O)C(COC1OC(CO)C(O)C(O)C1O)NC(=O)C(O)CCCCCCCCCCCCC. The summed E-state index contributed by atoms with van der Waals surface area (Å²) in [4.78, 5) is 13.1. The van der Waals surface area contributed by atoms with Crippen LogP contribution < -0.4 is 5.32 Å². The number of hydrogen-bond acceptors (Lipinski definition) is 10. The summed E-state index contributed by atoms with van der Waals surface area (Å²) < 4.78 is 11.1. The Labute approximate surface area is 404 Å². The van der Waals surface area contributed by atoms with Crippen molar-refractivity contribution in [2.45, 2.75) is 319 Å². The highest BCUT2D eigenvalue weighted by Gasteiger charge is 2.44. The summed E-state index contributed by atoms with van der Waals surface area (Å²) >= 11 is 0. The first kappa shape index (κ1) is 62.9. The number of aliphatic hydroxyl groups is 7. The Morgan fingerprint density at radius 1 is 0.515 bits per heavy atom. The zero-order valence-electron chi connectivity index (χ0n) is 42.7. The first-order valence-corrected chi connectivity index (χ1v) is 28.1. The van der Waals surface area contributed by atoms with Gasteiger partial charge in [0.15, 0.2) is 6.29 Å². The second kappa shape index (κ2) is 45.0. The van der Waals surface area contributed by atoms with Crippen LogP contribution in [0.2, 0.25) is 0 Å². The van der Waals surface area contributed by atoms with Gasteiger partial charge in [-0.3, -0.25) is 4.79 Å². The van der Waals surface area contributed by atoms with Crippen molar-refractivity contribution in [1.29, 1.82) is 0 Å². The maximum atomic E-state index is 13.1. The van der Waals surface area contributed by atoms with Gasteiger partial charge in [-0.05, 0) is 38.5 Å². The van der Waals surface area contributed by atoms with Crippen LogP contribution in [0.3, 0.4) is 0 Å². The maximum Gasteiger partial charge on any atom is 0.249 e. The average Bonchev–Trinajstić information content (AvgIpc) is 3.32. The van der Waals surface area contributed by atoms with Gasteiger partial charge >= 0.3 is 0 Å². The Kier molecular flexibility index (Phi) is 42.9. The minimum atomic E-state index is -1.66. The van der Waals surface area contributed by atoms with E-state index in [0.717, 1.165) is 38.5 Å². The van der Waals surface area contributed by atoms with Crippen molar-refractivity contribution >= 4 is 5.91 Å². The van der Waals surface area contributed by atoms with Crippen molar-refractivity contribution in [1.82, 2.24) is 5.32 Å². The fraction of sp³-hybridized carbons (Fsp3) is 0.945. The number of allylic oxidation sites excluding steroid dienone is 2. The molecule has 0 aromatic rings. The number of amides is 1. The van der Waals surface area contributed by atoms with Gasteiger partial charge in [-0.25, -0.2) is 0 Å². The second-order valence-electron chi connectivity index (χ2n) is 20.0. The van der Waals surface area contributed by atoms with Gasteiger partial charge in [-0.1, -0.05) is 238 Å². The van der Waals surface area contributed by atoms with Gasteiger partial charge in [0.1, 0.15) is 36.6 Å². The van der Waals surface area contributed by atoms with Crippen LogP contribution in [0.4, 0.5) is 0 Å². The lowest BCUT2D eigenvalue weighted by molar-refractivity contribution is -0.303. The number of carbonyl (C=O) groups excluding carboxylic acids is 1. The van der Waals surface area contributed by atoms with E-state index in [1.807, 2.05) is 0 Å². The quantitative estimate of drug-likeness (QED) is 0.0215. The molecule has 1 saturated heterocycles. The van der Waals surface area contributed by atoms with E-state index in [1.165, 1.54) is 186 Å². The number of unbranched alkanes of at least 4 members (excludes halogenated alkanes) is 34. The van der Waals surface area contributed by atoms with Crippen molar-refractivity contribution in [3.63, 3.8) is 0 Å². The van der Waals surface area contributed by atoms with Crippen LogP contribution in [0.1, 0.15) is 264 Å². The molecule has 9 unspecified atom stereocenters. The molecule has 8 N–H and O–H groups in total. The molecule has 11 nitrogen and oxygen atoms in total. The molecule has 1 aliphatic heterocycles. The third-order valence-corrected chi connectivity index (χ3v) is 13.8. The smallest absolute Gasteiger partial charge is 0.249 e. The van der Waals surface area contributed by atoms with E-state index in [4.69, 9.17) is 9.47 Å². The van der Waals surface area contributed by atoms with Crippen molar-refractivity contribution in [2.24, 2.45) is 0 Å². The average molecular weight is 942 g/mol. The van der Waals surface area contributed by atoms with Gasteiger partial charge in [0, 0.05) is 0 Å². The summed E-state index contributed by atoms with van der Waals surface area (Å²) in [5.74, 6) is -0.704. The van der Waals surface area contributed by atoms with E-state index in [1.54, 1.807) is 0 Å². The molecule has 392 valence electrons. The minimum Gasteiger partial charge on any atom is -0.394 e. The third kappa shape index (κ3) is 33.4. The number of hydrogen-bond donors (Lipinski definition) is 8. The van der Waals surface area contributed by atoms with Gasteiger partial charge in [-0.15, -0.1) is 0 Å². The molecule has 11 heteroatoms. The van der Waals surface area contributed by atoms with Crippen molar-refractivity contribution in [3.05, 3.63) is 12.2 Å². The topological polar surface area (TPSA) is 189 Å². The van der Waals surface area contributed by atoms with Crippen LogP contribution in [0.5, 0.6) is 0 Å². The predicted molar refractivity (Wildman–Crippen MR) is 270 cm³/mol. The van der Waals surface area contributed by atoms with Crippen LogP contribution in [0.15, 0.2) is 12.2 Å². The lowest BCUT2D eigenvalue weighted by Crippen LogP contribution is -2.60. The summed E-state index contributed by atoms with van der Waals surface area (Å²) in [6.07, 6.45) is 40.1. The fourth-order valence-electron chi connectivity index (χ4n) is 9.21. The molecule has 1 aliphatic rings. The minimum absolute atomic E-state index is 0.258. The van der Waals surface area contributed by atoms with Crippen LogP contribution in [0, 0.1) is 0 Å². The van der Waals surface area contributed by atoms with Gasteiger partial charge in [0.05, 0.1) is 25.4 Å². The zero-order chi connectivity index (χ0) is 48.3. The highest BCUT2D eigenvalue weighted by atomic mass is 16.7. The normalized spacial score (nSPS) is 20.8. The molecule has 9 atom stereocenters. The Balaban J connectivity index is 2.26. The van der Waals surface area contributed by atoms with Crippen molar-refractivity contribution in [3.8, 4) is 0 Å². The largest absolute Gasteiger partial charge is 0.394 e. The molecular formula is C55H107NO10. The van der Waals surface area contributed by atoms with E-state index in [-0.39, 0.29) is 12.8 Å². The Hall–Kier alpha value is -1.15. The number of ether oxygens (including phenoxy) is 2. The van der Waals surface area contributed by atoms with Crippen LogP contribution in [-0.2, 0) is 14.3 Å². The molecule has 0 radical (unpaired) electrons. The molecule has 1 rings (SSSR count). The van der Waals surface area contributed by atoms with E-state index in [9.17, 15) is 40.5 Å². The van der Waals surface area contributed by atoms with Crippen molar-refractivity contribution < 1.29 is 50.0 Å². The third-order valence-electron chi connectivity index (χ3n) is 13.8. The van der Waals surface area contributed by atoms with E-state index >= 15 is 0 Å². The number of aliphatic hydroxyl groups excluding tert-OH is 7. The van der Waals surface area contributed by atoms with Crippen LogP contribution in [0.25, 0.3) is 0 Å². The number of rotatable bonds is 48. The van der Waals surface area contributed by atoms with Gasteiger partial charge < -0.3 is 50.5 Å². The Bertz CT molecular complexity index is 1080. The second-order valence-corrected chi connectivity index (χ2v) is 20.0. The first-order chi connectivity index (χ1) is 32.2. The lowest BCUT2D eigenvalue weighted by Gasteiger charge is -2.40. The molecule has 1 amide bonds. The number of carbonyl (C=O) groups is 1. The summed E-state index contributed by atoms with van der Waals surface area (Å²) in [6, 6.07) is -1.18. The van der Waals surface area contributed by atoms with Crippen LogP contribution in [-0.4, -0.2) is 110 Å². The standard InChI is InChI=1S/C55H107NO10/c1-3-5-7-9-11-13-15-16-17-18-19-20-21-22-23-24-25-26-27-28-29-30-31-33-34-36-38-40-42-47(58)50(60)46(45-65-55-53(63)52(62)51(61)49(44-57)66-55)56-54(64)48(59)43-41-39-37-35-32-14-12-10-8-6-4-2/h34,36,46-53,55,57-63H,3-33,35,37-45H2,1-2H3,(H,56,64)/b36-34+. The van der Waals surface area contributed by atoms with E-state index in [2.05, 4.69) is 31.3 Å². The predicted octanol–water partition coefficient (Wildman–Crippen LogP) is 11.2. The molecule has 0 aromatic carbocycles. The van der Waals surface area contributed by atoms with E-state index in [0.29, 0.717) is 12.8 Å². The van der Waals surface area contributed by atoms with Gasteiger partial charge in [-0.2, -0.15) is 0 Å². The molecule has 1 fully saturated rings. The van der Waals surface area contributed by atoms with Crippen LogP contribution >= 0.6 is 0 Å². The molecule has 0 spiro atoms. The monoisotopic (exact) mass is 942 g/mol. The van der Waals surface area contributed by atoms with Gasteiger partial charge in [0.2, 0.25) is 5.91 Å². The summed E-state index contributed by atoms with van der Waals surface area (Å²) in [6.45, 7) is 3.44. The molecular weight excluding hydrogens is 835 g/mol. The highest BCUT2D eigenvalue weighted by molar-refractivity contribution is 5.80. The van der Waals surface area contributed by atoms with Crippen molar-refractivity contribution in [2.75, 3.05) is 13.2 Å². The fourth-order valence-corrected chi connectivity index (χ4v) is 9.21. The molecule has 66 heavy (non-hydrogen) atoms. The summed E-state index contributed by atoms with van der Waals surface area (Å²) in [5, 5.41) is 75.8. The maximum absolute atomic E-state index is 13.1. The number of nitrogens with one attached hydrogen (secondary N) is 1. The first-order valence-electron chi connectivity index (χ1n) is 28.1. The summed E-state index contributed by atoms with van der Waals surface area (Å²) in [7, 11) is 0. The molecule has 0 bridgehead atoms. The highest BCUT2D eigenvalue weighted by Crippen LogP contribution is 2.23. The Morgan fingerprint density at radius 3 is 1.30 bits per heavy atom. The zero-order valence-corrected chi connectivity index (χ0v) is 42.7.